The highest BCUT2D eigenvalue weighted by Crippen LogP contribution is 2.10. The molecule has 0 heterocycles. The summed E-state index contributed by atoms with van der Waals surface area (Å²) < 4.78 is 4.71. The van der Waals surface area contributed by atoms with Crippen LogP contribution >= 0.6 is 0 Å². The summed E-state index contributed by atoms with van der Waals surface area (Å²) >= 11 is 0. The van der Waals surface area contributed by atoms with Gasteiger partial charge in [-0.25, -0.2) is 4.79 Å². The molecule has 5 nitrogen and oxygen atoms in total. The van der Waals surface area contributed by atoms with E-state index in [1.54, 1.807) is 0 Å². The van der Waals surface area contributed by atoms with E-state index in [-0.39, 0.29) is 17.8 Å². The van der Waals surface area contributed by atoms with Crippen molar-refractivity contribution in [3.63, 3.8) is 0 Å². The molecule has 5 heteroatoms. The first-order valence-corrected chi connectivity index (χ1v) is 6.64. The van der Waals surface area contributed by atoms with Crippen LogP contribution in [0.4, 0.5) is 0 Å². The lowest BCUT2D eigenvalue weighted by molar-refractivity contribution is -0.146. The van der Waals surface area contributed by atoms with Crippen LogP contribution in [0.3, 0.4) is 0 Å². The minimum absolute atomic E-state index is 0.0745. The van der Waals surface area contributed by atoms with Gasteiger partial charge in [0.05, 0.1) is 7.11 Å². The lowest BCUT2D eigenvalue weighted by Gasteiger charge is -2.21. The first kappa shape index (κ1) is 16.9. The zero-order chi connectivity index (χ0) is 14.0. The van der Waals surface area contributed by atoms with Crippen molar-refractivity contribution in [2.75, 3.05) is 13.7 Å². The lowest BCUT2D eigenvalue weighted by Crippen LogP contribution is -2.45. The second kappa shape index (κ2) is 9.88. The van der Waals surface area contributed by atoms with E-state index in [4.69, 9.17) is 10.5 Å². The fraction of sp³-hybridized carbons (Fsp3) is 0.846. The standard InChI is InChI=1S/C13H26N2O3/c1-4-10(2)12(13(17)18-3)15-11(16)8-6-5-7-9-14/h10,12H,4-9,14H2,1-3H3,(H,15,16)/t10-,12-/m0/s1. The third kappa shape index (κ3) is 6.59. The van der Waals surface area contributed by atoms with Gasteiger partial charge in [-0.1, -0.05) is 26.7 Å². The fourth-order valence-electron chi connectivity index (χ4n) is 1.65. The number of methoxy groups -OCH3 is 1. The summed E-state index contributed by atoms with van der Waals surface area (Å²) in [7, 11) is 1.34. The van der Waals surface area contributed by atoms with Gasteiger partial charge in [0, 0.05) is 6.42 Å². The molecule has 18 heavy (non-hydrogen) atoms. The predicted molar refractivity (Wildman–Crippen MR) is 70.9 cm³/mol. The van der Waals surface area contributed by atoms with Gasteiger partial charge in [-0.15, -0.1) is 0 Å². The van der Waals surface area contributed by atoms with Crippen LogP contribution in [0.25, 0.3) is 0 Å². The zero-order valence-corrected chi connectivity index (χ0v) is 11.7. The van der Waals surface area contributed by atoms with Gasteiger partial charge < -0.3 is 15.8 Å². The summed E-state index contributed by atoms with van der Waals surface area (Å²) in [5.41, 5.74) is 5.38. The minimum atomic E-state index is -0.540. The molecular weight excluding hydrogens is 232 g/mol. The van der Waals surface area contributed by atoms with E-state index in [1.165, 1.54) is 7.11 Å². The highest BCUT2D eigenvalue weighted by molar-refractivity contribution is 5.84. The second-order valence-electron chi connectivity index (χ2n) is 4.55. The van der Waals surface area contributed by atoms with E-state index in [2.05, 4.69) is 5.32 Å². The van der Waals surface area contributed by atoms with E-state index in [9.17, 15) is 9.59 Å². The van der Waals surface area contributed by atoms with E-state index < -0.39 is 6.04 Å². The maximum absolute atomic E-state index is 11.7. The summed E-state index contributed by atoms with van der Waals surface area (Å²) in [6.45, 7) is 4.56. The van der Waals surface area contributed by atoms with E-state index >= 15 is 0 Å². The van der Waals surface area contributed by atoms with E-state index in [1.807, 2.05) is 13.8 Å². The Hall–Kier alpha value is -1.10. The largest absolute Gasteiger partial charge is 0.467 e. The molecule has 0 radical (unpaired) electrons. The summed E-state index contributed by atoms with van der Waals surface area (Å²) in [5, 5.41) is 2.75. The molecule has 0 saturated carbocycles. The van der Waals surface area contributed by atoms with Crippen LogP contribution in [0.2, 0.25) is 0 Å². The highest BCUT2D eigenvalue weighted by atomic mass is 16.5. The molecule has 2 atom stereocenters. The Morgan fingerprint density at radius 3 is 2.44 bits per heavy atom. The summed E-state index contributed by atoms with van der Waals surface area (Å²) in [4.78, 5) is 23.3. The Balaban J connectivity index is 4.15. The van der Waals surface area contributed by atoms with Crippen LogP contribution < -0.4 is 11.1 Å². The minimum Gasteiger partial charge on any atom is -0.467 e. The molecule has 0 aliphatic carbocycles. The molecule has 1 amide bonds. The molecule has 0 unspecified atom stereocenters. The van der Waals surface area contributed by atoms with Crippen LogP contribution in [0.15, 0.2) is 0 Å². The van der Waals surface area contributed by atoms with Gasteiger partial charge in [-0.2, -0.15) is 0 Å². The molecule has 0 fully saturated rings. The molecule has 0 aromatic carbocycles. The van der Waals surface area contributed by atoms with Gasteiger partial charge in [0.1, 0.15) is 6.04 Å². The lowest BCUT2D eigenvalue weighted by atomic mass is 9.99. The van der Waals surface area contributed by atoms with Crippen molar-refractivity contribution in [1.82, 2.24) is 5.32 Å². The topological polar surface area (TPSA) is 81.4 Å². The summed E-state index contributed by atoms with van der Waals surface area (Å²) in [6, 6.07) is -0.540. The summed E-state index contributed by atoms with van der Waals surface area (Å²) in [6.07, 6.45) is 3.92. The molecule has 0 aromatic rings. The number of hydrogen-bond acceptors (Lipinski definition) is 4. The van der Waals surface area contributed by atoms with Gasteiger partial charge in [-0.3, -0.25) is 4.79 Å². The Kier molecular flexibility index (Phi) is 9.28. The third-order valence-electron chi connectivity index (χ3n) is 3.09. The van der Waals surface area contributed by atoms with Crippen LogP contribution in [0.1, 0.15) is 46.0 Å². The number of hydrogen-bond donors (Lipinski definition) is 2. The second-order valence-corrected chi connectivity index (χ2v) is 4.55. The van der Waals surface area contributed by atoms with Gasteiger partial charge in [0.15, 0.2) is 0 Å². The van der Waals surface area contributed by atoms with Crippen LogP contribution in [-0.4, -0.2) is 31.6 Å². The average molecular weight is 258 g/mol. The first-order chi connectivity index (χ1) is 8.56. The number of carbonyl (C=O) groups excluding carboxylic acids is 2. The fourth-order valence-corrected chi connectivity index (χ4v) is 1.65. The van der Waals surface area contributed by atoms with Crippen molar-refractivity contribution in [3.8, 4) is 0 Å². The molecule has 3 N–H and O–H groups in total. The molecule has 0 aliphatic heterocycles. The van der Waals surface area contributed by atoms with E-state index in [0.29, 0.717) is 13.0 Å². The van der Waals surface area contributed by atoms with Gasteiger partial charge >= 0.3 is 5.97 Å². The number of unbranched alkanes of at least 4 members (excludes halogenated alkanes) is 2. The maximum atomic E-state index is 11.7. The molecule has 0 aliphatic rings. The molecule has 0 bridgehead atoms. The third-order valence-corrected chi connectivity index (χ3v) is 3.09. The van der Waals surface area contributed by atoms with Gasteiger partial charge in [0.25, 0.3) is 0 Å². The summed E-state index contributed by atoms with van der Waals surface area (Å²) in [5.74, 6) is -0.396. The Morgan fingerprint density at radius 2 is 1.94 bits per heavy atom. The quantitative estimate of drug-likeness (QED) is 0.481. The van der Waals surface area contributed by atoms with Crippen LogP contribution in [0, 0.1) is 5.92 Å². The number of nitrogens with one attached hydrogen (secondary N) is 1. The van der Waals surface area contributed by atoms with Gasteiger partial charge in [-0.05, 0) is 25.3 Å². The maximum Gasteiger partial charge on any atom is 0.328 e. The molecule has 106 valence electrons. The number of rotatable bonds is 9. The number of ether oxygens (including phenoxy) is 1. The Morgan fingerprint density at radius 1 is 1.28 bits per heavy atom. The van der Waals surface area contributed by atoms with Crippen molar-refractivity contribution >= 4 is 11.9 Å². The number of amides is 1. The molecule has 0 rings (SSSR count). The monoisotopic (exact) mass is 258 g/mol. The number of carbonyl (C=O) groups is 2. The SMILES string of the molecule is CC[C@H](C)[C@H](NC(=O)CCCCCN)C(=O)OC. The molecule has 0 spiro atoms. The Labute approximate surface area is 109 Å². The van der Waals surface area contributed by atoms with Gasteiger partial charge in [0.2, 0.25) is 5.91 Å². The van der Waals surface area contributed by atoms with Crippen LogP contribution in [-0.2, 0) is 14.3 Å². The van der Waals surface area contributed by atoms with Crippen molar-refractivity contribution in [2.45, 2.75) is 52.0 Å². The number of nitrogens with two attached hydrogens (primary N) is 1. The van der Waals surface area contributed by atoms with Crippen molar-refractivity contribution in [2.24, 2.45) is 11.7 Å². The smallest absolute Gasteiger partial charge is 0.328 e. The average Bonchev–Trinajstić information content (AvgIpc) is 2.39. The molecule has 0 aromatic heterocycles. The Bertz CT molecular complexity index is 257. The van der Waals surface area contributed by atoms with Crippen molar-refractivity contribution in [3.05, 3.63) is 0 Å². The van der Waals surface area contributed by atoms with E-state index in [0.717, 1.165) is 25.7 Å². The van der Waals surface area contributed by atoms with Crippen molar-refractivity contribution in [1.29, 1.82) is 0 Å². The first-order valence-electron chi connectivity index (χ1n) is 6.64. The molecular formula is C13H26N2O3. The molecule has 0 saturated heterocycles. The highest BCUT2D eigenvalue weighted by Gasteiger charge is 2.26. The number of esters is 1. The zero-order valence-electron chi connectivity index (χ0n) is 11.7. The predicted octanol–water partition coefficient (Wildman–Crippen LogP) is 1.21. The van der Waals surface area contributed by atoms with Crippen LogP contribution in [0.5, 0.6) is 0 Å². The normalized spacial score (nSPS) is 13.8. The van der Waals surface area contributed by atoms with Crippen molar-refractivity contribution < 1.29 is 14.3 Å².